The number of fused-ring (bicyclic) bond motifs is 1. The maximum absolute atomic E-state index is 6.46. The predicted octanol–water partition coefficient (Wildman–Crippen LogP) is 2.66. The molecule has 1 aromatic heterocycles. The largest absolute Gasteiger partial charge is 0.495 e. The first kappa shape index (κ1) is 12.9. The summed E-state index contributed by atoms with van der Waals surface area (Å²) < 4.78 is 10.9. The number of ether oxygens (including phenoxy) is 2. The van der Waals surface area contributed by atoms with Gasteiger partial charge in [0.05, 0.1) is 19.9 Å². The normalized spacial score (nSPS) is 18.8. The first-order chi connectivity index (χ1) is 9.79. The smallest absolute Gasteiger partial charge is 0.137 e. The van der Waals surface area contributed by atoms with Gasteiger partial charge in [-0.1, -0.05) is 18.2 Å². The third-order valence-corrected chi connectivity index (χ3v) is 3.79. The van der Waals surface area contributed by atoms with Crippen LogP contribution in [0.15, 0.2) is 42.7 Å². The highest BCUT2D eigenvalue weighted by molar-refractivity contribution is 5.40. The lowest BCUT2D eigenvalue weighted by atomic mass is 9.84. The van der Waals surface area contributed by atoms with E-state index in [9.17, 15) is 0 Å². The molecule has 1 aromatic carbocycles. The molecule has 0 spiro atoms. The van der Waals surface area contributed by atoms with Crippen LogP contribution < -0.4 is 15.2 Å². The van der Waals surface area contributed by atoms with E-state index < -0.39 is 0 Å². The van der Waals surface area contributed by atoms with Gasteiger partial charge in [0.25, 0.3) is 0 Å². The van der Waals surface area contributed by atoms with E-state index in [1.807, 2.05) is 30.5 Å². The van der Waals surface area contributed by atoms with Crippen molar-refractivity contribution >= 4 is 0 Å². The van der Waals surface area contributed by atoms with E-state index in [1.54, 1.807) is 13.3 Å². The van der Waals surface area contributed by atoms with E-state index in [-0.39, 0.29) is 12.0 Å². The van der Waals surface area contributed by atoms with E-state index in [0.717, 1.165) is 23.5 Å². The van der Waals surface area contributed by atoms with Crippen molar-refractivity contribution in [3.05, 3.63) is 53.9 Å². The van der Waals surface area contributed by atoms with Gasteiger partial charge in [0.15, 0.2) is 0 Å². The lowest BCUT2D eigenvalue weighted by Gasteiger charge is -2.30. The van der Waals surface area contributed by atoms with Gasteiger partial charge in [0, 0.05) is 18.2 Å². The number of nitrogens with zero attached hydrogens (tertiary/aromatic N) is 1. The molecule has 0 radical (unpaired) electrons. The van der Waals surface area contributed by atoms with E-state index in [2.05, 4.69) is 11.1 Å². The van der Waals surface area contributed by atoms with E-state index in [1.165, 1.54) is 5.56 Å². The van der Waals surface area contributed by atoms with Gasteiger partial charge < -0.3 is 15.2 Å². The summed E-state index contributed by atoms with van der Waals surface area (Å²) in [6.07, 6.45) is 4.41. The monoisotopic (exact) mass is 270 g/mol. The summed E-state index contributed by atoms with van der Waals surface area (Å²) in [5, 5.41) is 0. The quantitative estimate of drug-likeness (QED) is 0.931. The van der Waals surface area contributed by atoms with Crippen molar-refractivity contribution in [3.63, 3.8) is 0 Å². The molecule has 4 heteroatoms. The minimum atomic E-state index is -0.109. The molecule has 3 rings (SSSR count). The standard InChI is InChI=1S/C16H18N2O2/c1-19-12-8-11(9-18-10-12)16(17)14-6-7-20-15-5-3-2-4-13(14)15/h2-5,8-10,14,16H,6-7,17H2,1H3. The van der Waals surface area contributed by atoms with Gasteiger partial charge in [-0.15, -0.1) is 0 Å². The molecule has 0 bridgehead atoms. The lowest BCUT2D eigenvalue weighted by Crippen LogP contribution is -2.25. The van der Waals surface area contributed by atoms with E-state index in [0.29, 0.717) is 6.61 Å². The van der Waals surface area contributed by atoms with Crippen molar-refractivity contribution in [2.45, 2.75) is 18.4 Å². The highest BCUT2D eigenvalue weighted by Gasteiger charge is 2.27. The summed E-state index contributed by atoms with van der Waals surface area (Å²) in [4.78, 5) is 4.19. The van der Waals surface area contributed by atoms with Gasteiger partial charge in [-0.2, -0.15) is 0 Å². The van der Waals surface area contributed by atoms with Crippen molar-refractivity contribution in [2.75, 3.05) is 13.7 Å². The highest BCUT2D eigenvalue weighted by Crippen LogP contribution is 2.40. The molecule has 20 heavy (non-hydrogen) atoms. The molecule has 2 heterocycles. The number of para-hydroxylation sites is 1. The van der Waals surface area contributed by atoms with Crippen molar-refractivity contribution in [1.82, 2.24) is 4.98 Å². The number of aromatic nitrogens is 1. The Morgan fingerprint density at radius 3 is 3.05 bits per heavy atom. The van der Waals surface area contributed by atoms with Crippen molar-refractivity contribution in [1.29, 1.82) is 0 Å². The summed E-state index contributed by atoms with van der Waals surface area (Å²) in [6, 6.07) is 9.94. The SMILES string of the molecule is COc1cncc(C(N)C2CCOc3ccccc32)c1. The lowest BCUT2D eigenvalue weighted by molar-refractivity contribution is 0.255. The van der Waals surface area contributed by atoms with Crippen LogP contribution >= 0.6 is 0 Å². The van der Waals surface area contributed by atoms with Crippen LogP contribution in [0.1, 0.15) is 29.5 Å². The molecule has 0 saturated heterocycles. The Morgan fingerprint density at radius 2 is 2.20 bits per heavy atom. The van der Waals surface area contributed by atoms with E-state index >= 15 is 0 Å². The Hall–Kier alpha value is -2.07. The van der Waals surface area contributed by atoms with Crippen LogP contribution in [0, 0.1) is 0 Å². The minimum Gasteiger partial charge on any atom is -0.495 e. The summed E-state index contributed by atoms with van der Waals surface area (Å²) in [5.74, 6) is 1.92. The highest BCUT2D eigenvalue weighted by atomic mass is 16.5. The van der Waals surface area contributed by atoms with Gasteiger partial charge >= 0.3 is 0 Å². The first-order valence-electron chi connectivity index (χ1n) is 6.76. The number of nitrogens with two attached hydrogens (primary N) is 1. The number of benzene rings is 1. The molecule has 0 aliphatic carbocycles. The Morgan fingerprint density at radius 1 is 1.35 bits per heavy atom. The van der Waals surface area contributed by atoms with Gasteiger partial charge in [-0.05, 0) is 29.7 Å². The number of rotatable bonds is 3. The Balaban J connectivity index is 1.93. The van der Waals surface area contributed by atoms with Gasteiger partial charge in [0.2, 0.25) is 0 Å². The van der Waals surface area contributed by atoms with Crippen LogP contribution in [0.4, 0.5) is 0 Å². The summed E-state index contributed by atoms with van der Waals surface area (Å²) in [5.41, 5.74) is 8.62. The topological polar surface area (TPSA) is 57.4 Å². The van der Waals surface area contributed by atoms with Crippen LogP contribution in [0.25, 0.3) is 0 Å². The third kappa shape index (κ3) is 2.34. The maximum Gasteiger partial charge on any atom is 0.137 e. The summed E-state index contributed by atoms with van der Waals surface area (Å²) in [6.45, 7) is 0.701. The second-order valence-corrected chi connectivity index (χ2v) is 4.97. The molecule has 4 nitrogen and oxygen atoms in total. The Labute approximate surface area is 118 Å². The second kappa shape index (κ2) is 5.51. The number of methoxy groups -OCH3 is 1. The summed E-state index contributed by atoms with van der Waals surface area (Å²) >= 11 is 0. The molecular formula is C16H18N2O2. The van der Waals surface area contributed by atoms with Crippen molar-refractivity contribution in [2.24, 2.45) is 5.73 Å². The fraction of sp³-hybridized carbons (Fsp3) is 0.312. The van der Waals surface area contributed by atoms with Crippen LogP contribution in [0.5, 0.6) is 11.5 Å². The first-order valence-corrected chi connectivity index (χ1v) is 6.76. The predicted molar refractivity (Wildman–Crippen MR) is 77.0 cm³/mol. The molecule has 2 N–H and O–H groups in total. The number of hydrogen-bond acceptors (Lipinski definition) is 4. The van der Waals surface area contributed by atoms with Gasteiger partial charge in [-0.25, -0.2) is 0 Å². The average molecular weight is 270 g/mol. The molecule has 0 amide bonds. The van der Waals surface area contributed by atoms with E-state index in [4.69, 9.17) is 15.2 Å². The summed E-state index contributed by atoms with van der Waals surface area (Å²) in [7, 11) is 1.63. The number of hydrogen-bond donors (Lipinski definition) is 1. The molecule has 2 aromatic rings. The molecule has 2 atom stereocenters. The molecular weight excluding hydrogens is 252 g/mol. The zero-order valence-corrected chi connectivity index (χ0v) is 11.5. The minimum absolute atomic E-state index is 0.109. The molecule has 104 valence electrons. The fourth-order valence-corrected chi connectivity index (χ4v) is 2.70. The molecule has 2 unspecified atom stereocenters. The molecule has 1 aliphatic heterocycles. The van der Waals surface area contributed by atoms with Crippen molar-refractivity contribution in [3.8, 4) is 11.5 Å². The Bertz CT molecular complexity index is 601. The molecule has 0 fully saturated rings. The fourth-order valence-electron chi connectivity index (χ4n) is 2.70. The third-order valence-electron chi connectivity index (χ3n) is 3.79. The van der Waals surface area contributed by atoms with Gasteiger partial charge in [-0.3, -0.25) is 4.98 Å². The number of pyridine rings is 1. The maximum atomic E-state index is 6.46. The Kier molecular flexibility index (Phi) is 3.56. The zero-order chi connectivity index (χ0) is 13.9. The average Bonchev–Trinajstić information content (AvgIpc) is 2.53. The van der Waals surface area contributed by atoms with Crippen LogP contribution in [-0.2, 0) is 0 Å². The zero-order valence-electron chi connectivity index (χ0n) is 11.5. The molecule has 0 saturated carbocycles. The van der Waals surface area contributed by atoms with Crippen molar-refractivity contribution < 1.29 is 9.47 Å². The molecule has 1 aliphatic rings. The van der Waals surface area contributed by atoms with Crippen LogP contribution in [0.3, 0.4) is 0 Å². The van der Waals surface area contributed by atoms with Gasteiger partial charge in [0.1, 0.15) is 11.5 Å². The van der Waals surface area contributed by atoms with Crippen LogP contribution in [0.2, 0.25) is 0 Å². The second-order valence-electron chi connectivity index (χ2n) is 4.97. The van der Waals surface area contributed by atoms with Crippen LogP contribution in [-0.4, -0.2) is 18.7 Å².